The molecule has 0 unspecified atom stereocenters. The molecule has 5 nitrogen and oxygen atoms in total. The summed E-state index contributed by atoms with van der Waals surface area (Å²) >= 11 is 0. The van der Waals surface area contributed by atoms with Crippen molar-refractivity contribution in [3.8, 4) is 5.75 Å². The highest BCUT2D eigenvalue weighted by molar-refractivity contribution is 5.25. The minimum Gasteiger partial charge on any atom is -0.508 e. The van der Waals surface area contributed by atoms with Crippen LogP contribution in [0.5, 0.6) is 5.75 Å². The zero-order chi connectivity index (χ0) is 10.1. The number of hydrogen-bond donors (Lipinski definition) is 4. The first-order chi connectivity index (χ1) is 6.24. The van der Waals surface area contributed by atoms with Gasteiger partial charge in [0.1, 0.15) is 16.8 Å². The van der Waals surface area contributed by atoms with Crippen molar-refractivity contribution in [2.75, 3.05) is 6.54 Å². The van der Waals surface area contributed by atoms with Crippen molar-refractivity contribution in [1.29, 1.82) is 11.1 Å². The average molecular weight is 181 g/mol. The van der Waals surface area contributed by atoms with E-state index in [-0.39, 0.29) is 0 Å². The van der Waals surface area contributed by atoms with Crippen LogP contribution in [0.15, 0.2) is 24.3 Å². The van der Waals surface area contributed by atoms with Gasteiger partial charge in [0.2, 0.25) is 4.91 Å². The molecule has 1 aromatic rings. The van der Waals surface area contributed by atoms with Crippen LogP contribution in [0.3, 0.4) is 0 Å². The Labute approximate surface area is 76.2 Å². The van der Waals surface area contributed by atoms with Crippen molar-refractivity contribution in [3.63, 3.8) is 0 Å². The third kappa shape index (κ3) is 5.55. The Hall–Kier alpha value is -1.71. The van der Waals surface area contributed by atoms with E-state index in [1.165, 1.54) is 5.56 Å². The van der Waals surface area contributed by atoms with Gasteiger partial charge in [-0.25, -0.2) is 0 Å². The number of nitrogens with two attached hydrogens (primary N) is 1. The number of benzene rings is 1. The molecule has 5 N–H and O–H groups in total. The predicted molar refractivity (Wildman–Crippen MR) is 48.4 cm³/mol. The van der Waals surface area contributed by atoms with Crippen molar-refractivity contribution >= 4 is 0 Å². The minimum atomic E-state index is 0.306. The topological polar surface area (TPSA) is 108 Å². The van der Waals surface area contributed by atoms with E-state index in [0.29, 0.717) is 12.3 Å². The Balaban J connectivity index is 0.000000424. The summed E-state index contributed by atoms with van der Waals surface area (Å²) < 4.78 is 0. The van der Waals surface area contributed by atoms with Gasteiger partial charge in [-0.1, -0.05) is 12.1 Å². The smallest absolute Gasteiger partial charge is 0.211 e. The number of aromatic hydroxyl groups is 1. The van der Waals surface area contributed by atoms with Gasteiger partial charge in [0.15, 0.2) is 0 Å². The van der Waals surface area contributed by atoms with Gasteiger partial charge in [0.05, 0.1) is 0 Å². The molecule has 0 heterocycles. The summed E-state index contributed by atoms with van der Waals surface area (Å²) in [7, 11) is 0. The minimum absolute atomic E-state index is 0.306. The summed E-state index contributed by atoms with van der Waals surface area (Å²) in [6, 6.07) is 7.10. The number of phenolic OH excluding ortho intramolecular Hbond substituents is 1. The molecule has 0 aliphatic carbocycles. The standard InChI is InChI=1S/C8H11NO.H2N3/c9-6-5-7-1-3-8(10)4-2-7;1-3-2/h1-4,10H,5-6,9H2;1-2H/q;+1. The van der Waals surface area contributed by atoms with Crippen molar-refractivity contribution in [2.45, 2.75) is 6.42 Å². The Kier molecular flexibility index (Phi) is 6.05. The Morgan fingerprint density at radius 1 is 1.23 bits per heavy atom. The maximum absolute atomic E-state index is 8.89. The number of rotatable bonds is 2. The molecule has 0 saturated heterocycles. The first-order valence-corrected chi connectivity index (χ1v) is 3.75. The Bertz CT molecular complexity index is 264. The molecule has 1 rings (SSSR count). The van der Waals surface area contributed by atoms with Crippen molar-refractivity contribution in [3.05, 3.63) is 29.8 Å². The van der Waals surface area contributed by atoms with Gasteiger partial charge in [0, 0.05) is 0 Å². The highest BCUT2D eigenvalue weighted by Gasteiger charge is 1.89. The summed E-state index contributed by atoms with van der Waals surface area (Å²) in [5, 5.41) is 8.89. The first-order valence-electron chi connectivity index (χ1n) is 3.75. The zero-order valence-corrected chi connectivity index (χ0v) is 7.20. The molecule has 0 saturated carbocycles. The van der Waals surface area contributed by atoms with Crippen LogP contribution >= 0.6 is 0 Å². The van der Waals surface area contributed by atoms with Crippen LogP contribution in [0.2, 0.25) is 0 Å². The highest BCUT2D eigenvalue weighted by atomic mass is 16.3. The van der Waals surface area contributed by atoms with E-state index in [1.807, 2.05) is 17.0 Å². The fourth-order valence-electron chi connectivity index (χ4n) is 0.829. The molecule has 70 valence electrons. The van der Waals surface area contributed by atoms with Crippen LogP contribution in [0.25, 0.3) is 0 Å². The third-order valence-corrected chi connectivity index (χ3v) is 1.37. The number of hydrogen-bond acceptors (Lipinski definition) is 4. The fraction of sp³-hybridized carbons (Fsp3) is 0.250. The van der Waals surface area contributed by atoms with Crippen molar-refractivity contribution in [2.24, 2.45) is 5.73 Å². The second-order valence-corrected chi connectivity index (χ2v) is 2.32. The summed E-state index contributed by atoms with van der Waals surface area (Å²) in [6.45, 7) is 0.658. The lowest BCUT2D eigenvalue weighted by Gasteiger charge is -1.96. The number of phenols is 1. The molecule has 0 aromatic heterocycles. The molecule has 13 heavy (non-hydrogen) atoms. The van der Waals surface area contributed by atoms with E-state index in [4.69, 9.17) is 21.9 Å². The van der Waals surface area contributed by atoms with Gasteiger partial charge in [0.25, 0.3) is 0 Å². The maximum Gasteiger partial charge on any atom is 0.211 e. The molecule has 0 bridgehead atoms. The van der Waals surface area contributed by atoms with Crippen LogP contribution in [0.1, 0.15) is 5.56 Å². The predicted octanol–water partition coefficient (Wildman–Crippen LogP) is 1.01. The maximum atomic E-state index is 8.89. The average Bonchev–Trinajstić information content (AvgIpc) is 2.11. The number of nitrogens with zero attached hydrogens (tertiary/aromatic N) is 1. The molecule has 0 amide bonds. The normalized spacial score (nSPS) is 8.08. The Morgan fingerprint density at radius 2 is 1.69 bits per heavy atom. The molecule has 0 aliphatic rings. The lowest BCUT2D eigenvalue weighted by Crippen LogP contribution is -2.01. The largest absolute Gasteiger partial charge is 0.508 e. The van der Waals surface area contributed by atoms with E-state index in [0.717, 1.165) is 6.42 Å². The van der Waals surface area contributed by atoms with Gasteiger partial charge in [-0.3, -0.25) is 0 Å². The molecule has 1 aromatic carbocycles. The van der Waals surface area contributed by atoms with Crippen LogP contribution < -0.4 is 10.6 Å². The van der Waals surface area contributed by atoms with Crippen molar-refractivity contribution in [1.82, 2.24) is 4.91 Å². The van der Waals surface area contributed by atoms with Gasteiger partial charge in [-0.05, 0) is 30.7 Å². The lowest BCUT2D eigenvalue weighted by molar-refractivity contribution is 0.475. The van der Waals surface area contributed by atoms with E-state index >= 15 is 0 Å². The van der Waals surface area contributed by atoms with Crippen LogP contribution in [0, 0.1) is 11.1 Å². The summed E-state index contributed by atoms with van der Waals surface area (Å²) in [5.41, 5.74) is 17.5. The quantitative estimate of drug-likeness (QED) is 0.403. The molecule has 0 atom stereocenters. The summed E-state index contributed by atoms with van der Waals surface area (Å²) in [5.74, 6) is 0.306. The summed E-state index contributed by atoms with van der Waals surface area (Å²) in [4.78, 5) is 2.00. The first kappa shape index (κ1) is 11.3. The fourth-order valence-corrected chi connectivity index (χ4v) is 0.829. The molecule has 0 radical (unpaired) electrons. The third-order valence-electron chi connectivity index (χ3n) is 1.37. The van der Waals surface area contributed by atoms with Gasteiger partial charge in [-0.15, -0.1) is 0 Å². The lowest BCUT2D eigenvalue weighted by atomic mass is 10.1. The molecular weight excluding hydrogens is 168 g/mol. The highest BCUT2D eigenvalue weighted by Crippen LogP contribution is 2.09. The van der Waals surface area contributed by atoms with E-state index < -0.39 is 0 Å². The molecule has 0 spiro atoms. The Morgan fingerprint density at radius 3 is 2.08 bits per heavy atom. The SMILES string of the molecule is N=[N+]=N.NCCc1ccc(O)cc1. The van der Waals surface area contributed by atoms with Crippen molar-refractivity contribution < 1.29 is 5.11 Å². The molecule has 5 heteroatoms. The second kappa shape index (κ2) is 6.97. The monoisotopic (exact) mass is 181 g/mol. The van der Waals surface area contributed by atoms with Crippen LogP contribution in [-0.4, -0.2) is 11.7 Å². The van der Waals surface area contributed by atoms with Crippen LogP contribution in [0.4, 0.5) is 0 Å². The van der Waals surface area contributed by atoms with E-state index in [1.54, 1.807) is 12.1 Å². The van der Waals surface area contributed by atoms with Gasteiger partial charge in [-0.2, -0.15) is 0 Å². The molecule has 0 fully saturated rings. The zero-order valence-electron chi connectivity index (χ0n) is 7.20. The second-order valence-electron chi connectivity index (χ2n) is 2.32. The van der Waals surface area contributed by atoms with Crippen LogP contribution in [-0.2, 0) is 6.42 Å². The van der Waals surface area contributed by atoms with Gasteiger partial charge >= 0.3 is 0 Å². The van der Waals surface area contributed by atoms with Gasteiger partial charge < -0.3 is 10.8 Å². The molecular formula is C8H13N4O+. The number of nitrogens with one attached hydrogen (secondary N) is 2. The van der Waals surface area contributed by atoms with E-state index in [9.17, 15) is 0 Å². The van der Waals surface area contributed by atoms with E-state index in [2.05, 4.69) is 0 Å². The summed E-state index contributed by atoms with van der Waals surface area (Å²) in [6.07, 6.45) is 0.875. The molecule has 0 aliphatic heterocycles.